The molecule has 6 heteroatoms. The standard InChI is InChI=1S/C8H8BrN3OS/c1-5-3-12-4-6(9)2-7(14(10)13)8(12)11-5/h2-4H,10H2,1H3. The van der Waals surface area contributed by atoms with Gasteiger partial charge in [-0.25, -0.2) is 14.3 Å². The number of nitrogens with zero attached hydrogens (tertiary/aromatic N) is 2. The highest BCUT2D eigenvalue weighted by molar-refractivity contribution is 9.10. The first kappa shape index (κ1) is 9.82. The van der Waals surface area contributed by atoms with Crippen LogP contribution in [0.3, 0.4) is 0 Å². The van der Waals surface area contributed by atoms with Crippen LogP contribution in [0.15, 0.2) is 27.8 Å². The van der Waals surface area contributed by atoms with Crippen molar-refractivity contribution in [2.45, 2.75) is 11.8 Å². The van der Waals surface area contributed by atoms with Gasteiger partial charge in [-0.2, -0.15) is 0 Å². The number of hydrogen-bond donors (Lipinski definition) is 1. The molecule has 0 saturated carbocycles. The lowest BCUT2D eigenvalue weighted by atomic mass is 10.5. The number of aromatic nitrogens is 2. The molecule has 74 valence electrons. The van der Waals surface area contributed by atoms with Crippen LogP contribution in [0.25, 0.3) is 5.65 Å². The Balaban J connectivity index is 2.85. The monoisotopic (exact) mass is 273 g/mol. The minimum absolute atomic E-state index is 0.535. The van der Waals surface area contributed by atoms with Gasteiger partial charge in [-0.1, -0.05) is 0 Å². The second-order valence-corrected chi connectivity index (χ2v) is 4.88. The maximum Gasteiger partial charge on any atom is 0.154 e. The summed E-state index contributed by atoms with van der Waals surface area (Å²) >= 11 is 3.32. The lowest BCUT2D eigenvalue weighted by Gasteiger charge is -2.00. The number of imidazole rings is 1. The zero-order chi connectivity index (χ0) is 10.3. The lowest BCUT2D eigenvalue weighted by molar-refractivity contribution is 0.684. The molecule has 2 rings (SSSR count). The highest BCUT2D eigenvalue weighted by atomic mass is 79.9. The summed E-state index contributed by atoms with van der Waals surface area (Å²) in [5.41, 5.74) is 1.52. The number of hydrogen-bond acceptors (Lipinski definition) is 2. The summed E-state index contributed by atoms with van der Waals surface area (Å²) in [6.07, 6.45) is 3.71. The Bertz CT molecular complexity index is 523. The summed E-state index contributed by atoms with van der Waals surface area (Å²) in [5.74, 6) is 0. The van der Waals surface area contributed by atoms with E-state index in [1.54, 1.807) is 10.5 Å². The van der Waals surface area contributed by atoms with Crippen molar-refractivity contribution in [3.8, 4) is 0 Å². The summed E-state index contributed by atoms with van der Waals surface area (Å²) in [7, 11) is -1.51. The predicted molar refractivity (Wildman–Crippen MR) is 58.2 cm³/mol. The molecule has 0 spiro atoms. The second kappa shape index (κ2) is 3.45. The van der Waals surface area contributed by atoms with Gasteiger partial charge >= 0.3 is 0 Å². The number of pyridine rings is 1. The van der Waals surface area contributed by atoms with Gasteiger partial charge in [-0.3, -0.25) is 0 Å². The zero-order valence-corrected chi connectivity index (χ0v) is 9.80. The topological polar surface area (TPSA) is 60.4 Å². The van der Waals surface area contributed by atoms with E-state index in [1.807, 2.05) is 19.3 Å². The Labute approximate surface area is 91.9 Å². The maximum atomic E-state index is 11.2. The minimum atomic E-state index is -1.51. The van der Waals surface area contributed by atoms with Gasteiger partial charge in [0.2, 0.25) is 0 Å². The highest BCUT2D eigenvalue weighted by Crippen LogP contribution is 2.19. The van der Waals surface area contributed by atoms with E-state index in [-0.39, 0.29) is 0 Å². The third kappa shape index (κ3) is 1.60. The molecule has 4 nitrogen and oxygen atoms in total. The SMILES string of the molecule is Cc1cn2cc(Br)cc(S(N)=O)c2n1. The van der Waals surface area contributed by atoms with Gasteiger partial charge in [-0.15, -0.1) is 0 Å². The first-order valence-corrected chi connectivity index (χ1v) is 5.89. The zero-order valence-electron chi connectivity index (χ0n) is 7.40. The molecule has 0 fully saturated rings. The van der Waals surface area contributed by atoms with Gasteiger partial charge in [0.25, 0.3) is 0 Å². The van der Waals surface area contributed by atoms with Gasteiger partial charge in [0, 0.05) is 16.9 Å². The average Bonchev–Trinajstić information content (AvgIpc) is 2.42. The largest absolute Gasteiger partial charge is 0.305 e. The molecule has 1 atom stereocenters. The number of halogens is 1. The van der Waals surface area contributed by atoms with E-state index in [0.29, 0.717) is 10.5 Å². The minimum Gasteiger partial charge on any atom is -0.305 e. The van der Waals surface area contributed by atoms with E-state index in [9.17, 15) is 4.21 Å². The Hall–Kier alpha value is -0.720. The van der Waals surface area contributed by atoms with Crippen LogP contribution in [0.4, 0.5) is 0 Å². The van der Waals surface area contributed by atoms with Crippen molar-refractivity contribution in [1.29, 1.82) is 0 Å². The van der Waals surface area contributed by atoms with Crippen LogP contribution >= 0.6 is 15.9 Å². The van der Waals surface area contributed by atoms with E-state index in [0.717, 1.165) is 10.2 Å². The molecule has 14 heavy (non-hydrogen) atoms. The molecule has 2 aromatic rings. The van der Waals surface area contributed by atoms with Crippen LogP contribution < -0.4 is 5.14 Å². The first-order chi connectivity index (χ1) is 6.58. The fourth-order valence-electron chi connectivity index (χ4n) is 1.30. The summed E-state index contributed by atoms with van der Waals surface area (Å²) in [6, 6.07) is 1.72. The van der Waals surface area contributed by atoms with Crippen LogP contribution in [0.5, 0.6) is 0 Å². The fraction of sp³-hybridized carbons (Fsp3) is 0.125. The fourth-order valence-corrected chi connectivity index (χ4v) is 2.48. The number of aryl methyl sites for hydroxylation is 1. The van der Waals surface area contributed by atoms with Gasteiger partial charge in [-0.05, 0) is 28.9 Å². The Morgan fingerprint density at radius 3 is 2.93 bits per heavy atom. The number of fused-ring (bicyclic) bond motifs is 1. The third-order valence-electron chi connectivity index (χ3n) is 1.82. The predicted octanol–water partition coefficient (Wildman–Crippen LogP) is 1.39. The second-order valence-electron chi connectivity index (χ2n) is 2.93. The quantitative estimate of drug-likeness (QED) is 0.854. The molecule has 0 aromatic carbocycles. The molecule has 0 saturated heterocycles. The van der Waals surface area contributed by atoms with Crippen molar-refractivity contribution in [3.05, 3.63) is 28.6 Å². The average molecular weight is 274 g/mol. The van der Waals surface area contributed by atoms with Gasteiger partial charge in [0.1, 0.15) is 11.0 Å². The van der Waals surface area contributed by atoms with Crippen LogP contribution in [0.2, 0.25) is 0 Å². The molecule has 1 unspecified atom stereocenters. The summed E-state index contributed by atoms with van der Waals surface area (Å²) in [6.45, 7) is 1.88. The lowest BCUT2D eigenvalue weighted by Crippen LogP contribution is -2.05. The van der Waals surface area contributed by atoms with E-state index in [1.165, 1.54) is 0 Å². The third-order valence-corrected chi connectivity index (χ3v) is 2.99. The van der Waals surface area contributed by atoms with Gasteiger partial charge in [0.05, 0.1) is 10.6 Å². The van der Waals surface area contributed by atoms with E-state index < -0.39 is 11.0 Å². The van der Waals surface area contributed by atoms with Crippen molar-refractivity contribution < 1.29 is 4.21 Å². The summed E-state index contributed by atoms with van der Waals surface area (Å²) in [4.78, 5) is 4.78. The van der Waals surface area contributed by atoms with Crippen LogP contribution in [0, 0.1) is 6.92 Å². The van der Waals surface area contributed by atoms with E-state index in [2.05, 4.69) is 20.9 Å². The van der Waals surface area contributed by atoms with Crippen molar-refractivity contribution in [2.75, 3.05) is 0 Å². The van der Waals surface area contributed by atoms with E-state index in [4.69, 9.17) is 5.14 Å². The van der Waals surface area contributed by atoms with Crippen LogP contribution in [-0.2, 0) is 11.0 Å². The van der Waals surface area contributed by atoms with Gasteiger partial charge in [0.15, 0.2) is 5.65 Å². The molecular weight excluding hydrogens is 266 g/mol. The van der Waals surface area contributed by atoms with Crippen LogP contribution in [-0.4, -0.2) is 13.6 Å². The van der Waals surface area contributed by atoms with E-state index >= 15 is 0 Å². The smallest absolute Gasteiger partial charge is 0.154 e. The Morgan fingerprint density at radius 1 is 1.57 bits per heavy atom. The van der Waals surface area contributed by atoms with Crippen molar-refractivity contribution in [2.24, 2.45) is 5.14 Å². The van der Waals surface area contributed by atoms with Crippen molar-refractivity contribution in [1.82, 2.24) is 9.38 Å². The van der Waals surface area contributed by atoms with Crippen LogP contribution in [0.1, 0.15) is 5.69 Å². The molecule has 0 bridgehead atoms. The molecule has 2 heterocycles. The normalized spacial score (nSPS) is 13.4. The molecular formula is C8H8BrN3OS. The van der Waals surface area contributed by atoms with Gasteiger partial charge < -0.3 is 4.40 Å². The number of rotatable bonds is 1. The molecule has 0 amide bonds. The van der Waals surface area contributed by atoms with Crippen molar-refractivity contribution in [3.63, 3.8) is 0 Å². The molecule has 0 aliphatic carbocycles. The maximum absolute atomic E-state index is 11.2. The highest BCUT2D eigenvalue weighted by Gasteiger charge is 2.09. The molecule has 0 radical (unpaired) electrons. The summed E-state index contributed by atoms with van der Waals surface area (Å²) < 4.78 is 13.9. The summed E-state index contributed by atoms with van der Waals surface area (Å²) in [5, 5.41) is 5.36. The first-order valence-electron chi connectivity index (χ1n) is 3.89. The molecule has 0 aliphatic rings. The molecule has 2 aromatic heterocycles. The van der Waals surface area contributed by atoms with Crippen molar-refractivity contribution >= 4 is 32.6 Å². The number of nitrogens with two attached hydrogens (primary N) is 1. The molecule has 2 N–H and O–H groups in total. The molecule has 0 aliphatic heterocycles. The Kier molecular flexibility index (Phi) is 2.42. The Morgan fingerprint density at radius 2 is 2.29 bits per heavy atom.